The summed E-state index contributed by atoms with van der Waals surface area (Å²) in [4.78, 5) is 12.4. The minimum Gasteiger partial charge on any atom is -0.504 e. The van der Waals surface area contributed by atoms with E-state index in [1.807, 2.05) is 43.3 Å². The Balaban J connectivity index is 1.75. The van der Waals surface area contributed by atoms with Gasteiger partial charge in [0.2, 0.25) is 0 Å². The van der Waals surface area contributed by atoms with Crippen molar-refractivity contribution < 1.29 is 14.6 Å². The third-order valence-electron chi connectivity index (χ3n) is 3.70. The second kappa shape index (κ2) is 7.49. The molecule has 0 aromatic heterocycles. The van der Waals surface area contributed by atoms with Gasteiger partial charge in [-0.1, -0.05) is 36.4 Å². The average Bonchev–Trinajstić information content (AvgIpc) is 2.64. The van der Waals surface area contributed by atoms with Crippen molar-refractivity contribution in [2.24, 2.45) is 5.10 Å². The first-order chi connectivity index (χ1) is 12.2. The van der Waals surface area contributed by atoms with Gasteiger partial charge in [-0.05, 0) is 47.5 Å². The number of hydrazone groups is 1. The molecule has 0 aliphatic heterocycles. The summed E-state index contributed by atoms with van der Waals surface area (Å²) in [7, 11) is 0. The molecule has 0 spiro atoms. The fourth-order valence-corrected chi connectivity index (χ4v) is 2.53. The first kappa shape index (κ1) is 16.5. The average molecular weight is 334 g/mol. The van der Waals surface area contributed by atoms with Crippen LogP contribution >= 0.6 is 0 Å². The molecule has 25 heavy (non-hydrogen) atoms. The molecule has 0 aliphatic rings. The van der Waals surface area contributed by atoms with Gasteiger partial charge in [0.05, 0.1) is 12.8 Å². The molecule has 0 fully saturated rings. The van der Waals surface area contributed by atoms with E-state index >= 15 is 0 Å². The number of hydrogen-bond acceptors (Lipinski definition) is 4. The van der Waals surface area contributed by atoms with E-state index < -0.39 is 0 Å². The van der Waals surface area contributed by atoms with Gasteiger partial charge in [0.1, 0.15) is 0 Å². The Kier molecular flexibility index (Phi) is 4.95. The molecule has 3 aromatic rings. The zero-order chi connectivity index (χ0) is 17.6. The lowest BCUT2D eigenvalue weighted by Gasteiger charge is -2.06. The highest BCUT2D eigenvalue weighted by Crippen LogP contribution is 2.26. The minimum absolute atomic E-state index is 0.0683. The number of phenols is 1. The number of rotatable bonds is 5. The maximum Gasteiger partial charge on any atom is 0.271 e. The Morgan fingerprint density at radius 3 is 2.80 bits per heavy atom. The van der Waals surface area contributed by atoms with Crippen LogP contribution < -0.4 is 10.2 Å². The van der Waals surface area contributed by atoms with Crippen LogP contribution in [0, 0.1) is 0 Å². The van der Waals surface area contributed by atoms with Crippen molar-refractivity contribution in [1.82, 2.24) is 5.43 Å². The Labute approximate surface area is 145 Å². The summed E-state index contributed by atoms with van der Waals surface area (Å²) in [5.41, 5.74) is 3.81. The molecule has 0 unspecified atom stereocenters. The van der Waals surface area contributed by atoms with Crippen LogP contribution in [0.15, 0.2) is 65.8 Å². The summed E-state index contributed by atoms with van der Waals surface area (Å²) in [6, 6.07) is 18.1. The molecule has 0 atom stereocenters. The Morgan fingerprint density at radius 2 is 1.96 bits per heavy atom. The van der Waals surface area contributed by atoms with Gasteiger partial charge in [0, 0.05) is 5.56 Å². The Morgan fingerprint density at radius 1 is 1.16 bits per heavy atom. The fourth-order valence-electron chi connectivity index (χ4n) is 2.53. The topological polar surface area (TPSA) is 70.9 Å². The predicted octanol–water partition coefficient (Wildman–Crippen LogP) is 3.71. The summed E-state index contributed by atoms with van der Waals surface area (Å²) in [6.07, 6.45) is 1.50. The lowest BCUT2D eigenvalue weighted by molar-refractivity contribution is 0.0957. The summed E-state index contributed by atoms with van der Waals surface area (Å²) >= 11 is 0. The molecule has 2 N–H and O–H groups in total. The van der Waals surface area contributed by atoms with Crippen LogP contribution in [0.1, 0.15) is 22.8 Å². The molecule has 5 heteroatoms. The zero-order valence-corrected chi connectivity index (χ0v) is 13.8. The normalized spacial score (nSPS) is 10.9. The van der Waals surface area contributed by atoms with Crippen molar-refractivity contribution in [3.05, 3.63) is 71.8 Å². The van der Waals surface area contributed by atoms with Crippen LogP contribution in [0.4, 0.5) is 0 Å². The fraction of sp³-hybridized carbons (Fsp3) is 0.100. The quantitative estimate of drug-likeness (QED) is 0.552. The van der Waals surface area contributed by atoms with Gasteiger partial charge in [-0.15, -0.1) is 0 Å². The zero-order valence-electron chi connectivity index (χ0n) is 13.8. The molecule has 0 heterocycles. The molecule has 5 nitrogen and oxygen atoms in total. The number of phenolic OH excluding ortho intramolecular Hbond substituents is 1. The van der Waals surface area contributed by atoms with Gasteiger partial charge in [-0.25, -0.2) is 5.43 Å². The number of nitrogens with one attached hydrogen (secondary N) is 1. The first-order valence-corrected chi connectivity index (χ1v) is 7.96. The van der Waals surface area contributed by atoms with Crippen molar-refractivity contribution in [1.29, 1.82) is 0 Å². The number of aromatic hydroxyl groups is 1. The number of ether oxygens (including phenoxy) is 1. The van der Waals surface area contributed by atoms with E-state index in [-0.39, 0.29) is 11.7 Å². The smallest absolute Gasteiger partial charge is 0.271 e. The van der Waals surface area contributed by atoms with Crippen LogP contribution in [-0.2, 0) is 0 Å². The van der Waals surface area contributed by atoms with Crippen LogP contribution in [0.25, 0.3) is 10.8 Å². The minimum atomic E-state index is -0.281. The molecule has 0 radical (unpaired) electrons. The Bertz CT molecular complexity index is 930. The van der Waals surface area contributed by atoms with E-state index in [9.17, 15) is 9.90 Å². The van der Waals surface area contributed by atoms with Crippen LogP contribution in [0.5, 0.6) is 11.5 Å². The molecule has 0 aliphatic carbocycles. The summed E-state index contributed by atoms with van der Waals surface area (Å²) in [6.45, 7) is 2.29. The highest BCUT2D eigenvalue weighted by molar-refractivity contribution is 6.07. The molecule has 0 saturated carbocycles. The molecule has 3 rings (SSSR count). The lowest BCUT2D eigenvalue weighted by atomic mass is 10.0. The summed E-state index contributed by atoms with van der Waals surface area (Å²) in [5, 5.41) is 15.6. The van der Waals surface area contributed by atoms with Gasteiger partial charge in [0.25, 0.3) is 5.91 Å². The molecule has 126 valence electrons. The maximum atomic E-state index is 12.4. The van der Waals surface area contributed by atoms with Crippen molar-refractivity contribution in [3.63, 3.8) is 0 Å². The van der Waals surface area contributed by atoms with Gasteiger partial charge < -0.3 is 9.84 Å². The lowest BCUT2D eigenvalue weighted by Crippen LogP contribution is -2.17. The number of hydrogen-bond donors (Lipinski definition) is 2. The van der Waals surface area contributed by atoms with Gasteiger partial charge >= 0.3 is 0 Å². The highest BCUT2D eigenvalue weighted by atomic mass is 16.5. The van der Waals surface area contributed by atoms with Gasteiger partial charge in [-0.3, -0.25) is 4.79 Å². The highest BCUT2D eigenvalue weighted by Gasteiger charge is 2.08. The SMILES string of the molecule is CCOc1cc(/C=N/NC(=O)c2cccc3ccccc23)ccc1O. The number of carbonyl (C=O) groups excluding carboxylic acids is 1. The number of fused-ring (bicyclic) bond motifs is 1. The van der Waals surface area contributed by atoms with E-state index in [1.165, 1.54) is 12.3 Å². The van der Waals surface area contributed by atoms with Crippen LogP contribution in [0.3, 0.4) is 0 Å². The molecular formula is C20H18N2O3. The van der Waals surface area contributed by atoms with E-state index in [4.69, 9.17) is 4.74 Å². The van der Waals surface area contributed by atoms with Crippen molar-refractivity contribution in [3.8, 4) is 11.5 Å². The molecule has 0 bridgehead atoms. The van der Waals surface area contributed by atoms with E-state index in [0.29, 0.717) is 23.5 Å². The molecule has 1 amide bonds. The third kappa shape index (κ3) is 3.77. The van der Waals surface area contributed by atoms with E-state index in [1.54, 1.807) is 18.2 Å². The monoisotopic (exact) mass is 334 g/mol. The van der Waals surface area contributed by atoms with Crippen LogP contribution in [0.2, 0.25) is 0 Å². The van der Waals surface area contributed by atoms with Gasteiger partial charge in [-0.2, -0.15) is 5.10 Å². The van der Waals surface area contributed by atoms with Crippen molar-refractivity contribution in [2.75, 3.05) is 6.61 Å². The molecular weight excluding hydrogens is 316 g/mol. The Hall–Kier alpha value is -3.34. The number of amides is 1. The predicted molar refractivity (Wildman–Crippen MR) is 98.3 cm³/mol. The number of carbonyl (C=O) groups is 1. The molecule has 3 aromatic carbocycles. The molecule has 0 saturated heterocycles. The van der Waals surface area contributed by atoms with E-state index in [0.717, 1.165) is 10.8 Å². The van der Waals surface area contributed by atoms with Crippen molar-refractivity contribution in [2.45, 2.75) is 6.92 Å². The van der Waals surface area contributed by atoms with Crippen LogP contribution in [-0.4, -0.2) is 23.8 Å². The number of nitrogens with zero attached hydrogens (tertiary/aromatic N) is 1. The third-order valence-corrected chi connectivity index (χ3v) is 3.70. The number of benzene rings is 3. The summed E-state index contributed by atoms with van der Waals surface area (Å²) < 4.78 is 5.32. The first-order valence-electron chi connectivity index (χ1n) is 7.96. The maximum absolute atomic E-state index is 12.4. The largest absolute Gasteiger partial charge is 0.504 e. The second-order valence-corrected chi connectivity index (χ2v) is 5.39. The summed E-state index contributed by atoms with van der Waals surface area (Å²) in [5.74, 6) is 0.169. The van der Waals surface area contributed by atoms with E-state index in [2.05, 4.69) is 10.5 Å². The van der Waals surface area contributed by atoms with Gasteiger partial charge in [0.15, 0.2) is 11.5 Å². The second-order valence-electron chi connectivity index (χ2n) is 5.39. The van der Waals surface area contributed by atoms with Crippen molar-refractivity contribution >= 4 is 22.9 Å². The standard InChI is InChI=1S/C20H18N2O3/c1-2-25-19-12-14(10-11-18(19)23)13-21-22-20(24)17-9-5-7-15-6-3-4-8-16(15)17/h3-13,23H,2H2,1H3,(H,22,24)/b21-13+.